The summed E-state index contributed by atoms with van der Waals surface area (Å²) in [7, 11) is 0. The molecule has 0 aliphatic heterocycles. The Morgan fingerprint density at radius 3 is 2.68 bits per heavy atom. The van der Waals surface area contributed by atoms with Crippen molar-refractivity contribution >= 4 is 45.8 Å². The van der Waals surface area contributed by atoms with Crippen molar-refractivity contribution in [2.45, 2.75) is 12.6 Å². The first kappa shape index (κ1) is 20.3. The van der Waals surface area contributed by atoms with Crippen LogP contribution in [-0.2, 0) is 4.79 Å². The van der Waals surface area contributed by atoms with Crippen molar-refractivity contribution in [3.63, 3.8) is 0 Å². The number of aliphatic hydroxyl groups excluding tert-OH is 1. The molecule has 0 bridgehead atoms. The van der Waals surface area contributed by atoms with E-state index in [1.54, 1.807) is 18.2 Å². The minimum absolute atomic E-state index is 0.143. The monoisotopic (exact) mass is 419 g/mol. The topological polar surface area (TPSA) is 113 Å². The minimum Gasteiger partial charge on any atom is -0.378 e. The number of carbonyl (C=O) groups excluding carboxylic acids is 1. The number of nitrogens with zero attached hydrogens (tertiary/aromatic N) is 2. The highest BCUT2D eigenvalue weighted by Crippen LogP contribution is 2.31. The summed E-state index contributed by atoms with van der Waals surface area (Å²) >= 11 is 12.3. The zero-order valence-electron chi connectivity index (χ0n) is 14.8. The number of hydrogen-bond acceptors (Lipinski definition) is 6. The van der Waals surface area contributed by atoms with Gasteiger partial charge in [0.25, 0.3) is 0 Å². The van der Waals surface area contributed by atoms with E-state index in [0.717, 1.165) is 10.9 Å². The number of aliphatic hydroxyl groups is 1. The van der Waals surface area contributed by atoms with E-state index in [0.29, 0.717) is 40.3 Å². The van der Waals surface area contributed by atoms with Gasteiger partial charge < -0.3 is 16.2 Å². The second-order valence-corrected chi connectivity index (χ2v) is 6.95. The van der Waals surface area contributed by atoms with E-state index in [1.807, 2.05) is 24.3 Å². The summed E-state index contributed by atoms with van der Waals surface area (Å²) in [5.74, 6) is 0.543. The summed E-state index contributed by atoms with van der Waals surface area (Å²) in [6, 6.07) is 12.8. The maximum atomic E-state index is 10.8. The Balaban J connectivity index is 1.82. The van der Waals surface area contributed by atoms with Gasteiger partial charge in [0, 0.05) is 29.1 Å². The van der Waals surface area contributed by atoms with Crippen molar-refractivity contribution in [2.75, 3.05) is 18.4 Å². The fourth-order valence-electron chi connectivity index (χ4n) is 2.69. The molecule has 2 aromatic carbocycles. The number of benzene rings is 2. The van der Waals surface area contributed by atoms with E-state index in [-0.39, 0.29) is 6.42 Å². The quantitative estimate of drug-likeness (QED) is 0.329. The molecule has 0 saturated heterocycles. The lowest BCUT2D eigenvalue weighted by Crippen LogP contribution is -2.36. The van der Waals surface area contributed by atoms with Crippen LogP contribution in [0.1, 0.15) is 6.42 Å². The van der Waals surface area contributed by atoms with Crippen LogP contribution in [0.25, 0.3) is 22.3 Å². The average molecular weight is 420 g/mol. The van der Waals surface area contributed by atoms with Gasteiger partial charge in [-0.25, -0.2) is 9.97 Å². The molecule has 0 radical (unpaired) electrons. The average Bonchev–Trinajstić information content (AvgIpc) is 2.64. The highest BCUT2D eigenvalue weighted by Gasteiger charge is 2.12. The van der Waals surface area contributed by atoms with Crippen LogP contribution in [0.15, 0.2) is 42.5 Å². The van der Waals surface area contributed by atoms with E-state index in [1.165, 1.54) is 0 Å². The van der Waals surface area contributed by atoms with Gasteiger partial charge in [0.05, 0.1) is 17.0 Å². The smallest absolute Gasteiger partial charge is 0.221 e. The summed E-state index contributed by atoms with van der Waals surface area (Å²) in [5.41, 5.74) is 6.50. The summed E-state index contributed by atoms with van der Waals surface area (Å²) < 4.78 is 0. The maximum absolute atomic E-state index is 10.8. The largest absolute Gasteiger partial charge is 0.378 e. The number of carbonyl (C=O) groups is 1. The Hall–Kier alpha value is -2.45. The molecule has 1 amide bonds. The predicted molar refractivity (Wildman–Crippen MR) is 111 cm³/mol. The van der Waals surface area contributed by atoms with Crippen molar-refractivity contribution in [1.82, 2.24) is 15.3 Å². The molecule has 1 unspecified atom stereocenters. The van der Waals surface area contributed by atoms with Crippen molar-refractivity contribution in [3.05, 3.63) is 52.5 Å². The number of hydrogen-bond donors (Lipinski definition) is 4. The number of aromatic nitrogens is 2. The fraction of sp³-hybridized carbons (Fsp3) is 0.211. The van der Waals surface area contributed by atoms with Crippen LogP contribution in [0.3, 0.4) is 0 Å². The van der Waals surface area contributed by atoms with Crippen LogP contribution in [0.5, 0.6) is 0 Å². The van der Waals surface area contributed by atoms with Crippen LogP contribution < -0.4 is 16.4 Å². The summed E-state index contributed by atoms with van der Waals surface area (Å²) in [6.07, 6.45) is -1.12. The molecule has 0 spiro atoms. The highest BCUT2D eigenvalue weighted by molar-refractivity contribution is 6.36. The van der Waals surface area contributed by atoms with Crippen molar-refractivity contribution in [1.29, 1.82) is 0 Å². The number of primary amides is 1. The van der Waals surface area contributed by atoms with E-state index < -0.39 is 12.1 Å². The molecular weight excluding hydrogens is 401 g/mol. The lowest BCUT2D eigenvalue weighted by atomic mass is 10.2. The molecule has 0 aliphatic carbocycles. The zero-order chi connectivity index (χ0) is 20.1. The number of para-hydroxylation sites is 1. The van der Waals surface area contributed by atoms with Crippen LogP contribution in [0.2, 0.25) is 10.0 Å². The van der Waals surface area contributed by atoms with E-state index in [4.69, 9.17) is 28.9 Å². The normalized spacial score (nSPS) is 12.1. The van der Waals surface area contributed by atoms with Crippen LogP contribution in [0.4, 0.5) is 5.82 Å². The van der Waals surface area contributed by atoms with Gasteiger partial charge in [-0.2, -0.15) is 0 Å². The molecule has 146 valence electrons. The molecular formula is C19H19Cl2N5O2. The number of anilines is 1. The van der Waals surface area contributed by atoms with Gasteiger partial charge in [-0.05, 0) is 30.3 Å². The highest BCUT2D eigenvalue weighted by atomic mass is 35.5. The van der Waals surface area contributed by atoms with Crippen LogP contribution in [-0.4, -0.2) is 40.3 Å². The van der Waals surface area contributed by atoms with Crippen molar-refractivity contribution in [3.8, 4) is 11.4 Å². The Labute approximate surface area is 171 Å². The molecule has 3 aromatic rings. The molecule has 3 rings (SSSR count). The number of nitrogens with one attached hydrogen (secondary N) is 2. The minimum atomic E-state index is -0.982. The molecule has 0 aliphatic rings. The summed E-state index contributed by atoms with van der Waals surface area (Å²) in [4.78, 5) is 20.0. The lowest BCUT2D eigenvalue weighted by Gasteiger charge is -2.14. The number of rotatable bonds is 8. The molecule has 1 heterocycles. The lowest BCUT2D eigenvalue weighted by molar-refractivity contribution is -0.120. The third-order valence-electron chi connectivity index (χ3n) is 3.97. The fourth-order valence-corrected chi connectivity index (χ4v) is 3.18. The Kier molecular flexibility index (Phi) is 6.64. The molecule has 28 heavy (non-hydrogen) atoms. The van der Waals surface area contributed by atoms with Gasteiger partial charge in [-0.3, -0.25) is 10.1 Å². The SMILES string of the molecule is NC(=O)CC(O)NCCNc1nc(-c2ccc(Cl)cc2Cl)nc2ccccc12. The van der Waals surface area contributed by atoms with Gasteiger partial charge in [0.1, 0.15) is 12.0 Å². The number of halogens is 2. The zero-order valence-corrected chi connectivity index (χ0v) is 16.3. The number of fused-ring (bicyclic) bond motifs is 1. The first-order valence-electron chi connectivity index (χ1n) is 8.60. The predicted octanol–water partition coefficient (Wildman–Crippen LogP) is 2.80. The van der Waals surface area contributed by atoms with E-state index in [9.17, 15) is 9.90 Å². The standard InChI is InChI=1S/C19H19Cl2N5O2/c20-11-5-6-12(14(21)9-11)19-25-15-4-2-1-3-13(15)18(26-19)24-8-7-23-17(28)10-16(22)27/h1-6,9,17,23,28H,7-8,10H2,(H2,22,27)(H,24,25,26). The number of nitrogens with two attached hydrogens (primary N) is 1. The van der Waals surface area contributed by atoms with Crippen molar-refractivity contribution in [2.24, 2.45) is 5.73 Å². The summed E-state index contributed by atoms with van der Waals surface area (Å²) in [6.45, 7) is 0.869. The molecule has 1 atom stereocenters. The van der Waals surface area contributed by atoms with Gasteiger partial charge in [0.15, 0.2) is 5.82 Å². The number of amides is 1. The van der Waals surface area contributed by atoms with E-state index >= 15 is 0 Å². The Morgan fingerprint density at radius 1 is 1.14 bits per heavy atom. The molecule has 0 fully saturated rings. The molecule has 0 saturated carbocycles. The van der Waals surface area contributed by atoms with E-state index in [2.05, 4.69) is 20.6 Å². The second-order valence-electron chi connectivity index (χ2n) is 6.10. The third-order valence-corrected chi connectivity index (χ3v) is 4.52. The first-order chi connectivity index (χ1) is 13.4. The maximum Gasteiger partial charge on any atom is 0.221 e. The van der Waals surface area contributed by atoms with Crippen LogP contribution in [0, 0.1) is 0 Å². The molecule has 5 N–H and O–H groups in total. The molecule has 9 heteroatoms. The Morgan fingerprint density at radius 2 is 1.93 bits per heavy atom. The summed E-state index contributed by atoms with van der Waals surface area (Å²) in [5, 5.41) is 17.5. The van der Waals surface area contributed by atoms with Gasteiger partial charge in [-0.15, -0.1) is 0 Å². The molecule has 1 aromatic heterocycles. The third kappa shape index (κ3) is 5.08. The van der Waals surface area contributed by atoms with Gasteiger partial charge >= 0.3 is 0 Å². The second kappa shape index (κ2) is 9.16. The molecule has 7 nitrogen and oxygen atoms in total. The first-order valence-corrected chi connectivity index (χ1v) is 9.35. The van der Waals surface area contributed by atoms with Gasteiger partial charge in [0.2, 0.25) is 5.91 Å². The van der Waals surface area contributed by atoms with Crippen molar-refractivity contribution < 1.29 is 9.90 Å². The van der Waals surface area contributed by atoms with Crippen LogP contribution >= 0.6 is 23.2 Å². The van der Waals surface area contributed by atoms with Gasteiger partial charge in [-0.1, -0.05) is 35.3 Å². The Bertz CT molecular complexity index is 999.